The monoisotopic (exact) mass is 1980 g/mol. The summed E-state index contributed by atoms with van der Waals surface area (Å²) in [6, 6.07) is -5.62. The molecule has 138 heavy (non-hydrogen) atoms. The molecular formula is C90H138N22O24S2. The van der Waals surface area contributed by atoms with E-state index in [4.69, 9.17) is 46.6 Å². The van der Waals surface area contributed by atoms with Gasteiger partial charge in [-0.25, -0.2) is 0 Å². The molecule has 4 saturated heterocycles. The molecule has 0 aliphatic carbocycles. The molecule has 4 fully saturated rings. The molecule has 4 aliphatic rings. The number of rotatable bonds is 36. The van der Waals surface area contributed by atoms with Crippen molar-refractivity contribution >= 4 is 153 Å². The Morgan fingerprint density at radius 2 is 0.746 bits per heavy atom. The van der Waals surface area contributed by atoms with Gasteiger partial charge in [0, 0.05) is 65.9 Å². The molecule has 764 valence electrons. The summed E-state index contributed by atoms with van der Waals surface area (Å²) in [4.78, 5) is 296. The minimum absolute atomic E-state index is 0.0143. The van der Waals surface area contributed by atoms with Gasteiger partial charge in [0.2, 0.25) is 130 Å². The van der Waals surface area contributed by atoms with Crippen LogP contribution in [0.2, 0.25) is 0 Å². The van der Waals surface area contributed by atoms with Crippen LogP contribution in [0.25, 0.3) is 0 Å². The van der Waals surface area contributed by atoms with Gasteiger partial charge in [-0.1, -0.05) is 92.5 Å². The van der Waals surface area contributed by atoms with E-state index in [0.717, 1.165) is 23.5 Å². The molecule has 1 unspecified atom stereocenters. The maximum atomic E-state index is 14.5. The summed E-state index contributed by atoms with van der Waals surface area (Å²) in [6.07, 6.45) is -1.46. The first-order valence-electron chi connectivity index (χ1n) is 46.7. The van der Waals surface area contributed by atoms with Gasteiger partial charge in [-0.15, -0.1) is 0 Å². The standard InChI is InChI=1S/2C45H69N11O12S/c2*1-6-25(4)38-44(66)51-28(15-16-34(46)57)40(62)52-31(21-35(47)58)41(63)54-32(23-69-18-8-10-37(60)50-30(42(64)55-38)20-26-11-13-27(68-5)14-12-26)45(67)56-17-7-9-33(56)43(65)53-29(19-24(2)3)39(61)49-22-36(48)59/h2*11-14,24-25,28-33,38H,6-10,15-23H2,1-5H3,(H2,46,57)(H2,47,58)(H2,48,59)(H,49,61)(H,50,60)(H,51,66)(H,52,62)(H,53,65)(H,54,63)(H,55,64)/t25-,28-,29?,30-,31-,32-,33-,38-;25-,28-,29+,30-,31-,32-,33-,38-/m00/s1/i2*24D. The van der Waals surface area contributed by atoms with Crippen LogP contribution in [0.3, 0.4) is 0 Å². The van der Waals surface area contributed by atoms with Crippen molar-refractivity contribution in [1.29, 1.82) is 0 Å². The van der Waals surface area contributed by atoms with Crippen LogP contribution in [0.1, 0.15) is 185 Å². The molecule has 0 bridgehead atoms. The highest BCUT2D eigenvalue weighted by atomic mass is 32.2. The number of primary amides is 6. The molecule has 0 radical (unpaired) electrons. The number of carbonyl (C=O) groups is 22. The number of nitrogens with two attached hydrogens (primary N) is 6. The van der Waals surface area contributed by atoms with Crippen LogP contribution < -0.4 is 118 Å². The van der Waals surface area contributed by atoms with Gasteiger partial charge in [0.25, 0.3) is 0 Å². The van der Waals surface area contributed by atoms with Crippen LogP contribution in [0.4, 0.5) is 0 Å². The second kappa shape index (κ2) is 58.6. The lowest BCUT2D eigenvalue weighted by molar-refractivity contribution is -0.142. The zero-order valence-electron chi connectivity index (χ0n) is 81.6. The summed E-state index contributed by atoms with van der Waals surface area (Å²) in [7, 11) is 2.99. The third-order valence-electron chi connectivity index (χ3n) is 23.0. The summed E-state index contributed by atoms with van der Waals surface area (Å²) in [5.74, 6) is -20.4. The van der Waals surface area contributed by atoms with E-state index in [1.807, 2.05) is 0 Å². The quantitative estimate of drug-likeness (QED) is 0.0304. The number of nitrogens with zero attached hydrogens (tertiary/aromatic N) is 2. The Kier molecular flexibility index (Phi) is 47.6. The van der Waals surface area contributed by atoms with Crippen LogP contribution in [0.15, 0.2) is 48.5 Å². The molecule has 0 saturated carbocycles. The molecule has 48 heteroatoms. The SMILES string of the molecule is [2H]C(C)(C)CC(NC(=O)[C@@H]1CCCN1C(=O)[C@@H]1CSCCCC(=O)N[C@@H](Cc2ccc(OC)cc2)C(=O)N[C@@H]([C@@H](C)CC)C(=O)N[C@@H](CCC(N)=O)C(=O)N[C@@H](CC(N)=O)C(=O)N1)C(=O)NCC(N)=O.[2H]C(C)(C)C[C@@H](NC(=O)[C@@H]1CCCN1C(=O)[C@@H]1CSCCCC(=O)N[C@@H](Cc2ccc(OC)cc2)C(=O)N[C@@H]([C@@H](C)CC)C(=O)N[C@@H](CCC(N)=O)C(=O)N[C@@H](CC(N)=O)C(=O)N1)C(=O)NCC(N)=O. The predicted molar refractivity (Wildman–Crippen MR) is 506 cm³/mol. The Morgan fingerprint density at radius 3 is 1.05 bits per heavy atom. The number of ether oxygens (including phenoxy) is 2. The summed E-state index contributed by atoms with van der Waals surface area (Å²) in [5.41, 5.74) is 33.5. The lowest BCUT2D eigenvalue weighted by Crippen LogP contribution is -2.61. The van der Waals surface area contributed by atoms with Gasteiger partial charge in [0.05, 0.1) is 40.2 Å². The summed E-state index contributed by atoms with van der Waals surface area (Å²) in [6.45, 7) is 12.0. The average molecular weight is 1980 g/mol. The Morgan fingerprint density at radius 1 is 0.420 bits per heavy atom. The van der Waals surface area contributed by atoms with E-state index in [-0.39, 0.29) is 113 Å². The van der Waals surface area contributed by atoms with E-state index >= 15 is 0 Å². The fourth-order valence-electron chi connectivity index (χ4n) is 15.2. The van der Waals surface area contributed by atoms with Gasteiger partial charge in [-0.05, 0) is 135 Å². The van der Waals surface area contributed by atoms with Gasteiger partial charge >= 0.3 is 0 Å². The van der Waals surface area contributed by atoms with E-state index in [2.05, 4.69) is 74.4 Å². The zero-order chi connectivity index (χ0) is 105. The number of benzene rings is 2. The zero-order valence-corrected chi connectivity index (χ0v) is 81.3. The fraction of sp³-hybridized carbons (Fsp3) is 0.622. The molecule has 46 nitrogen and oxygen atoms in total. The number of thioether (sulfide) groups is 2. The summed E-state index contributed by atoms with van der Waals surface area (Å²) < 4.78 is 27.2. The normalized spacial score (nSPS) is 23.5. The highest BCUT2D eigenvalue weighted by Crippen LogP contribution is 2.26. The third kappa shape index (κ3) is 39.7. The minimum atomic E-state index is -1.73. The lowest BCUT2D eigenvalue weighted by atomic mass is 9.96. The summed E-state index contributed by atoms with van der Waals surface area (Å²) >= 11 is 2.33. The first-order chi connectivity index (χ1) is 65.8. The molecule has 22 amide bonds. The van der Waals surface area contributed by atoms with Crippen molar-refractivity contribution in [3.05, 3.63) is 59.7 Å². The van der Waals surface area contributed by atoms with E-state index in [1.165, 1.54) is 51.7 Å². The Labute approximate surface area is 812 Å². The summed E-state index contributed by atoms with van der Waals surface area (Å²) in [5, 5.41) is 35.9. The van der Waals surface area contributed by atoms with Gasteiger partial charge < -0.3 is 128 Å². The number of likely N-dealkylation sites (tertiary alicyclic amines) is 2. The van der Waals surface area contributed by atoms with Crippen molar-refractivity contribution in [3.63, 3.8) is 0 Å². The first kappa shape index (κ1) is 112. The minimum Gasteiger partial charge on any atom is -0.497 e. The van der Waals surface area contributed by atoms with E-state index in [1.54, 1.807) is 76.2 Å². The van der Waals surface area contributed by atoms with Crippen LogP contribution >= 0.6 is 23.5 Å². The second-order valence-corrected chi connectivity index (χ2v) is 37.2. The molecule has 4 aliphatic heterocycles. The molecule has 6 rings (SSSR count). The van der Waals surface area contributed by atoms with Crippen LogP contribution in [0.5, 0.6) is 11.5 Å². The van der Waals surface area contributed by atoms with Crippen molar-refractivity contribution in [2.45, 2.75) is 268 Å². The second-order valence-electron chi connectivity index (χ2n) is 34.9. The maximum Gasteiger partial charge on any atom is 0.246 e. The van der Waals surface area contributed by atoms with E-state index in [9.17, 15) is 105 Å². The van der Waals surface area contributed by atoms with Crippen molar-refractivity contribution in [2.24, 2.45) is 58.0 Å². The van der Waals surface area contributed by atoms with E-state index < -0.39 is 277 Å². The van der Waals surface area contributed by atoms with Crippen LogP contribution in [-0.2, 0) is 118 Å². The fourth-order valence-corrected chi connectivity index (χ4v) is 17.1. The van der Waals surface area contributed by atoms with Gasteiger partial charge in [-0.2, -0.15) is 23.5 Å². The number of hydrogen-bond acceptors (Lipinski definition) is 26. The van der Waals surface area contributed by atoms with E-state index in [0.29, 0.717) is 48.3 Å². The number of carbonyl (C=O) groups excluding carboxylic acids is 22. The highest BCUT2D eigenvalue weighted by Gasteiger charge is 2.45. The molecule has 2 aromatic carbocycles. The van der Waals surface area contributed by atoms with Crippen molar-refractivity contribution in [1.82, 2.24) is 84.2 Å². The third-order valence-corrected chi connectivity index (χ3v) is 25.3. The topological polar surface area (TPSA) is 725 Å². The molecule has 2 aromatic rings. The van der Waals surface area contributed by atoms with Crippen LogP contribution in [-0.4, -0.2) is 288 Å². The number of nitrogens with one attached hydrogen (secondary N) is 14. The number of amides is 22. The van der Waals surface area contributed by atoms with Gasteiger partial charge in [0.15, 0.2) is 0 Å². The first-order valence-corrected chi connectivity index (χ1v) is 48.1. The number of hydrogen-bond donors (Lipinski definition) is 20. The molecular weight excluding hydrogens is 1840 g/mol. The van der Waals surface area contributed by atoms with Crippen LogP contribution in [0, 0.1) is 23.6 Å². The Bertz CT molecular complexity index is 4440. The largest absolute Gasteiger partial charge is 0.497 e. The highest BCUT2D eigenvalue weighted by molar-refractivity contribution is 7.99. The van der Waals surface area contributed by atoms with Crippen molar-refractivity contribution in [3.8, 4) is 11.5 Å². The molecule has 26 N–H and O–H groups in total. The van der Waals surface area contributed by atoms with Gasteiger partial charge in [-0.3, -0.25) is 105 Å². The average Bonchev–Trinajstić information content (AvgIpc) is 1.65. The van der Waals surface area contributed by atoms with Crippen molar-refractivity contribution in [2.75, 3.05) is 63.4 Å². The maximum absolute atomic E-state index is 14.5. The molecule has 16 atom stereocenters. The van der Waals surface area contributed by atoms with Gasteiger partial charge in [0.1, 0.15) is 96.1 Å². The van der Waals surface area contributed by atoms with Crippen molar-refractivity contribution < 1.29 is 118 Å². The number of methoxy groups -OCH3 is 2. The molecule has 0 spiro atoms. The Hall–Kier alpha value is -12.9. The smallest absolute Gasteiger partial charge is 0.246 e. The molecule has 0 aromatic heterocycles. The predicted octanol–water partition coefficient (Wildman–Crippen LogP) is -5.00. The lowest BCUT2D eigenvalue weighted by Gasteiger charge is -2.31. The molecule has 4 heterocycles. The Balaban J connectivity index is 0.000000494.